The molecular formula is C31H29ClF2N4O4. The number of aromatic nitrogens is 3. The Kier molecular flexibility index (Phi) is 8.19. The topological polar surface area (TPSA) is 78.7 Å². The molecule has 42 heavy (non-hydrogen) atoms. The predicted molar refractivity (Wildman–Crippen MR) is 153 cm³/mol. The molecule has 2 aliphatic heterocycles. The van der Waals surface area contributed by atoms with E-state index in [0.717, 1.165) is 36.5 Å². The summed E-state index contributed by atoms with van der Waals surface area (Å²) in [5.74, 6) is -0.612. The summed E-state index contributed by atoms with van der Waals surface area (Å²) in [6.07, 6.45) is 3.88. The molecule has 11 heteroatoms. The average molecular weight is 595 g/mol. The highest BCUT2D eigenvalue weighted by Gasteiger charge is 2.25. The summed E-state index contributed by atoms with van der Waals surface area (Å²) in [7, 11) is 1.23. The molecule has 2 aromatic carbocycles. The minimum Gasteiger partial charge on any atom is -0.473 e. The van der Waals surface area contributed by atoms with Crippen LogP contribution in [0.2, 0.25) is 5.02 Å². The van der Waals surface area contributed by atoms with Crippen LogP contribution in [0.3, 0.4) is 0 Å². The molecule has 0 bridgehead atoms. The monoisotopic (exact) mass is 594 g/mol. The first kappa shape index (κ1) is 28.3. The maximum atomic E-state index is 14.7. The molecule has 0 aliphatic carbocycles. The lowest BCUT2D eigenvalue weighted by Crippen LogP contribution is -2.33. The van der Waals surface area contributed by atoms with Crippen molar-refractivity contribution in [3.63, 3.8) is 0 Å². The van der Waals surface area contributed by atoms with Gasteiger partial charge in [0.05, 0.1) is 48.6 Å². The van der Waals surface area contributed by atoms with Gasteiger partial charge >= 0.3 is 5.97 Å². The fourth-order valence-electron chi connectivity index (χ4n) is 5.17. The Morgan fingerprint density at radius 1 is 1.14 bits per heavy atom. The van der Waals surface area contributed by atoms with Crippen LogP contribution in [0.25, 0.3) is 16.6 Å². The Balaban J connectivity index is 1.17. The molecule has 4 aromatic rings. The number of pyridine rings is 1. The zero-order valence-electron chi connectivity index (χ0n) is 23.0. The van der Waals surface area contributed by atoms with Crippen molar-refractivity contribution in [2.24, 2.45) is 0 Å². The minimum absolute atomic E-state index is 0.0458. The predicted octanol–water partition coefficient (Wildman–Crippen LogP) is 5.81. The van der Waals surface area contributed by atoms with Gasteiger partial charge in [-0.05, 0) is 42.7 Å². The summed E-state index contributed by atoms with van der Waals surface area (Å²) in [6, 6.07) is 12.8. The van der Waals surface area contributed by atoms with E-state index >= 15 is 0 Å². The molecule has 4 heterocycles. The number of hydrogen-bond acceptors (Lipinski definition) is 7. The molecule has 1 fully saturated rings. The Morgan fingerprint density at radius 2 is 2.00 bits per heavy atom. The molecule has 1 saturated heterocycles. The van der Waals surface area contributed by atoms with E-state index in [2.05, 4.69) is 16.0 Å². The number of ether oxygens (including phenoxy) is 3. The number of carbonyl (C=O) groups excluding carboxylic acids is 1. The van der Waals surface area contributed by atoms with Crippen LogP contribution in [0.15, 0.2) is 54.6 Å². The first-order valence-corrected chi connectivity index (χ1v) is 14.1. The van der Waals surface area contributed by atoms with Crippen LogP contribution in [0.5, 0.6) is 5.88 Å². The molecule has 6 rings (SSSR count). The average Bonchev–Trinajstić information content (AvgIpc) is 3.29. The van der Waals surface area contributed by atoms with Crippen LogP contribution in [-0.2, 0) is 29.2 Å². The molecule has 0 unspecified atom stereocenters. The normalized spacial score (nSPS) is 17.1. The summed E-state index contributed by atoms with van der Waals surface area (Å²) in [4.78, 5) is 23.8. The molecule has 0 N–H and O–H groups in total. The number of fused-ring (bicyclic) bond motifs is 1. The van der Waals surface area contributed by atoms with Gasteiger partial charge in [0.2, 0.25) is 5.88 Å². The second kappa shape index (κ2) is 12.2. The third kappa shape index (κ3) is 6.01. The molecular weight excluding hydrogens is 566 g/mol. The van der Waals surface area contributed by atoms with Gasteiger partial charge in [-0.15, -0.1) is 0 Å². The number of esters is 1. The van der Waals surface area contributed by atoms with Crippen molar-refractivity contribution in [2.45, 2.75) is 38.6 Å². The van der Waals surface area contributed by atoms with Crippen LogP contribution < -0.4 is 4.74 Å². The fraction of sp³-hybridized carbons (Fsp3) is 0.323. The minimum atomic E-state index is -0.725. The van der Waals surface area contributed by atoms with Crippen molar-refractivity contribution in [2.75, 3.05) is 26.8 Å². The first-order valence-electron chi connectivity index (χ1n) is 13.7. The number of halogens is 3. The van der Waals surface area contributed by atoms with Gasteiger partial charge in [0.1, 0.15) is 24.1 Å². The van der Waals surface area contributed by atoms with Crippen LogP contribution in [0.1, 0.15) is 40.3 Å². The van der Waals surface area contributed by atoms with E-state index in [9.17, 15) is 13.6 Å². The number of methoxy groups -OCH3 is 1. The summed E-state index contributed by atoms with van der Waals surface area (Å²) >= 11 is 5.84. The van der Waals surface area contributed by atoms with Crippen molar-refractivity contribution in [1.82, 2.24) is 19.4 Å². The highest BCUT2D eigenvalue weighted by Crippen LogP contribution is 2.28. The molecule has 8 nitrogen and oxygen atoms in total. The lowest BCUT2D eigenvalue weighted by atomic mass is 10.0. The number of nitrogens with zero attached hydrogens (tertiary/aromatic N) is 4. The van der Waals surface area contributed by atoms with Gasteiger partial charge in [-0.3, -0.25) is 4.90 Å². The standard InChI is InChI=1S/C31H29ClF2N4O4/c1-40-31(39)23-14-28-27(15-25(23)34)35-29(38(28)16-22-9-12-41-22)17-37-10-7-19(8-11-37)26-3-2-4-30(36-26)42-18-20-5-6-21(32)13-24(20)33/h2-7,13-15,22H,8-12,16-18H2,1H3/t22-/m0/s1. The number of carbonyl (C=O) groups is 1. The zero-order chi connectivity index (χ0) is 29.2. The van der Waals surface area contributed by atoms with E-state index in [1.165, 1.54) is 25.3 Å². The van der Waals surface area contributed by atoms with E-state index in [4.69, 9.17) is 30.8 Å². The van der Waals surface area contributed by atoms with E-state index in [0.29, 0.717) is 53.7 Å². The Hall–Kier alpha value is -3.86. The SMILES string of the molecule is COC(=O)c1cc2c(cc1F)nc(CN1CC=C(c3cccc(OCc4ccc(Cl)cc4F)n3)CC1)n2C[C@@H]1CCO1. The molecule has 0 saturated carbocycles. The van der Waals surface area contributed by atoms with Crippen molar-refractivity contribution in [1.29, 1.82) is 0 Å². The van der Waals surface area contributed by atoms with Gasteiger partial charge in [0, 0.05) is 42.4 Å². The zero-order valence-corrected chi connectivity index (χ0v) is 23.7. The van der Waals surface area contributed by atoms with Gasteiger partial charge in [-0.25, -0.2) is 23.5 Å². The lowest BCUT2D eigenvalue weighted by Gasteiger charge is -2.29. The third-order valence-electron chi connectivity index (χ3n) is 7.60. The van der Waals surface area contributed by atoms with Crippen molar-refractivity contribution >= 4 is 34.2 Å². The molecule has 0 spiro atoms. The Labute approximate surface area is 246 Å². The second-order valence-corrected chi connectivity index (χ2v) is 10.8. The van der Waals surface area contributed by atoms with E-state index in [1.54, 1.807) is 18.2 Å². The maximum absolute atomic E-state index is 14.7. The van der Waals surface area contributed by atoms with Crippen molar-refractivity contribution < 1.29 is 27.8 Å². The van der Waals surface area contributed by atoms with Gasteiger partial charge in [0.25, 0.3) is 0 Å². The first-order chi connectivity index (χ1) is 20.4. The number of benzene rings is 2. The van der Waals surface area contributed by atoms with Crippen LogP contribution in [-0.4, -0.2) is 58.3 Å². The number of hydrogen-bond donors (Lipinski definition) is 0. The molecule has 0 radical (unpaired) electrons. The Morgan fingerprint density at radius 3 is 2.71 bits per heavy atom. The van der Waals surface area contributed by atoms with Gasteiger partial charge in [-0.1, -0.05) is 29.8 Å². The van der Waals surface area contributed by atoms with E-state index < -0.39 is 17.6 Å². The van der Waals surface area contributed by atoms with Crippen molar-refractivity contribution in [3.8, 4) is 5.88 Å². The Bertz CT molecular complexity index is 1670. The van der Waals surface area contributed by atoms with Crippen LogP contribution in [0.4, 0.5) is 8.78 Å². The third-order valence-corrected chi connectivity index (χ3v) is 7.84. The smallest absolute Gasteiger partial charge is 0.340 e. The van der Waals surface area contributed by atoms with E-state index in [-0.39, 0.29) is 18.3 Å². The highest BCUT2D eigenvalue weighted by atomic mass is 35.5. The lowest BCUT2D eigenvalue weighted by molar-refractivity contribution is -0.0591. The van der Waals surface area contributed by atoms with Gasteiger partial charge in [-0.2, -0.15) is 0 Å². The molecule has 2 aromatic heterocycles. The highest BCUT2D eigenvalue weighted by molar-refractivity contribution is 6.30. The summed E-state index contributed by atoms with van der Waals surface area (Å²) in [5, 5.41) is 0.334. The molecule has 0 amide bonds. The fourth-order valence-corrected chi connectivity index (χ4v) is 5.33. The van der Waals surface area contributed by atoms with Crippen LogP contribution >= 0.6 is 11.6 Å². The van der Waals surface area contributed by atoms with Crippen LogP contribution in [0, 0.1) is 11.6 Å². The number of rotatable bonds is 9. The van der Waals surface area contributed by atoms with E-state index in [1.807, 2.05) is 16.7 Å². The van der Waals surface area contributed by atoms with Gasteiger partial charge in [0.15, 0.2) is 0 Å². The summed E-state index contributed by atoms with van der Waals surface area (Å²) in [5.41, 5.74) is 3.35. The quantitative estimate of drug-likeness (QED) is 0.226. The molecule has 218 valence electrons. The molecule has 2 aliphatic rings. The second-order valence-electron chi connectivity index (χ2n) is 10.3. The number of imidazole rings is 1. The van der Waals surface area contributed by atoms with Crippen molar-refractivity contribution in [3.05, 3.63) is 93.9 Å². The maximum Gasteiger partial charge on any atom is 0.340 e. The summed E-state index contributed by atoms with van der Waals surface area (Å²) in [6.45, 7) is 3.31. The molecule has 1 atom stereocenters. The summed E-state index contributed by atoms with van der Waals surface area (Å²) < 4.78 is 47.0. The largest absolute Gasteiger partial charge is 0.473 e. The van der Waals surface area contributed by atoms with Gasteiger partial charge < -0.3 is 18.8 Å².